The van der Waals surface area contributed by atoms with Gasteiger partial charge in [-0.3, -0.25) is 19.3 Å². The van der Waals surface area contributed by atoms with Crippen molar-refractivity contribution in [1.82, 2.24) is 10.2 Å². The van der Waals surface area contributed by atoms with Crippen LogP contribution >= 0.6 is 0 Å². The van der Waals surface area contributed by atoms with Crippen molar-refractivity contribution < 1.29 is 18.8 Å². The topological polar surface area (TPSA) is 66.5 Å². The molecule has 1 aliphatic heterocycles. The predicted molar refractivity (Wildman–Crippen MR) is 84.9 cm³/mol. The first-order valence-corrected chi connectivity index (χ1v) is 8.03. The molecule has 0 radical (unpaired) electrons. The van der Waals surface area contributed by atoms with Crippen LogP contribution in [0, 0.1) is 17.7 Å². The fourth-order valence-corrected chi connectivity index (χ4v) is 3.30. The van der Waals surface area contributed by atoms with E-state index in [1.54, 1.807) is 18.2 Å². The molecule has 3 amide bonds. The lowest BCUT2D eigenvalue weighted by atomic mass is 9.85. The number of benzene rings is 1. The molecule has 0 aromatic heterocycles. The quantitative estimate of drug-likeness (QED) is 0.676. The van der Waals surface area contributed by atoms with Gasteiger partial charge in [0.1, 0.15) is 11.9 Å². The van der Waals surface area contributed by atoms with Crippen molar-refractivity contribution in [3.05, 3.63) is 47.8 Å². The minimum Gasteiger partial charge on any atom is -0.350 e. The standard InChI is InChI=1S/C18H19FN2O3/c1-11(16(22)20-10-12-6-2-5-9-15(12)19)21-17(23)13-7-3-4-8-14(13)18(21)24/h2-6,9,11,13-14H,7-8,10H2,1H3,(H,20,22)/t11-,13+,14+/m0/s1. The average Bonchev–Trinajstić information content (AvgIpc) is 2.85. The zero-order valence-electron chi connectivity index (χ0n) is 13.4. The predicted octanol–water partition coefficient (Wildman–Crippen LogP) is 1.78. The summed E-state index contributed by atoms with van der Waals surface area (Å²) in [6.07, 6.45) is 4.88. The number of carbonyl (C=O) groups excluding carboxylic acids is 3. The molecule has 0 unspecified atom stereocenters. The maximum absolute atomic E-state index is 13.6. The third-order valence-corrected chi connectivity index (χ3v) is 4.72. The molecule has 1 N–H and O–H groups in total. The Hall–Kier alpha value is -2.50. The summed E-state index contributed by atoms with van der Waals surface area (Å²) in [7, 11) is 0. The second-order valence-corrected chi connectivity index (χ2v) is 6.19. The number of carbonyl (C=O) groups is 3. The molecule has 1 saturated heterocycles. The highest BCUT2D eigenvalue weighted by molar-refractivity contribution is 6.08. The Morgan fingerprint density at radius 2 is 1.79 bits per heavy atom. The summed E-state index contributed by atoms with van der Waals surface area (Å²) in [5, 5.41) is 2.60. The highest BCUT2D eigenvalue weighted by Gasteiger charge is 2.49. The molecule has 24 heavy (non-hydrogen) atoms. The molecule has 1 heterocycles. The van der Waals surface area contributed by atoms with E-state index in [1.807, 2.05) is 12.2 Å². The van der Waals surface area contributed by atoms with Gasteiger partial charge in [0.25, 0.3) is 0 Å². The number of nitrogens with one attached hydrogen (secondary N) is 1. The van der Waals surface area contributed by atoms with Crippen LogP contribution in [0.4, 0.5) is 4.39 Å². The monoisotopic (exact) mass is 330 g/mol. The number of hydrogen-bond donors (Lipinski definition) is 1. The number of likely N-dealkylation sites (tertiary alicyclic amines) is 1. The van der Waals surface area contributed by atoms with E-state index in [0.717, 1.165) is 4.90 Å². The van der Waals surface area contributed by atoms with E-state index in [-0.39, 0.29) is 30.2 Å². The van der Waals surface area contributed by atoms with E-state index < -0.39 is 17.8 Å². The minimum absolute atomic E-state index is 0.0144. The highest BCUT2D eigenvalue weighted by atomic mass is 19.1. The van der Waals surface area contributed by atoms with Crippen molar-refractivity contribution in [2.45, 2.75) is 32.4 Å². The average molecular weight is 330 g/mol. The summed E-state index contributed by atoms with van der Waals surface area (Å²) in [6.45, 7) is 1.54. The summed E-state index contributed by atoms with van der Waals surface area (Å²) in [6, 6.07) is 5.24. The van der Waals surface area contributed by atoms with Gasteiger partial charge in [0, 0.05) is 12.1 Å². The van der Waals surface area contributed by atoms with Crippen LogP contribution in [0.25, 0.3) is 0 Å². The second-order valence-electron chi connectivity index (χ2n) is 6.19. The van der Waals surface area contributed by atoms with Crippen molar-refractivity contribution in [1.29, 1.82) is 0 Å². The lowest BCUT2D eigenvalue weighted by Gasteiger charge is -2.22. The van der Waals surface area contributed by atoms with Gasteiger partial charge in [-0.25, -0.2) is 4.39 Å². The molecule has 1 aromatic rings. The maximum atomic E-state index is 13.6. The Morgan fingerprint density at radius 1 is 1.21 bits per heavy atom. The van der Waals surface area contributed by atoms with Crippen LogP contribution in [0.5, 0.6) is 0 Å². The molecule has 6 heteroatoms. The van der Waals surface area contributed by atoms with E-state index in [9.17, 15) is 18.8 Å². The molecule has 1 fully saturated rings. The van der Waals surface area contributed by atoms with Gasteiger partial charge in [-0.1, -0.05) is 30.4 Å². The molecule has 0 spiro atoms. The fourth-order valence-electron chi connectivity index (χ4n) is 3.30. The normalized spacial score (nSPS) is 24.0. The van der Waals surface area contributed by atoms with Crippen LogP contribution < -0.4 is 5.32 Å². The summed E-state index contributed by atoms with van der Waals surface area (Å²) >= 11 is 0. The molecule has 1 aliphatic carbocycles. The number of nitrogens with zero attached hydrogens (tertiary/aromatic N) is 1. The molecule has 3 atom stereocenters. The van der Waals surface area contributed by atoms with Gasteiger partial charge in [0.05, 0.1) is 11.8 Å². The van der Waals surface area contributed by atoms with Crippen molar-refractivity contribution in [2.24, 2.45) is 11.8 Å². The van der Waals surface area contributed by atoms with E-state index in [4.69, 9.17) is 0 Å². The zero-order chi connectivity index (χ0) is 17.3. The number of fused-ring (bicyclic) bond motifs is 1. The van der Waals surface area contributed by atoms with Gasteiger partial charge in [-0.2, -0.15) is 0 Å². The maximum Gasteiger partial charge on any atom is 0.243 e. The molecule has 2 aliphatic rings. The molecule has 5 nitrogen and oxygen atoms in total. The van der Waals surface area contributed by atoms with Crippen molar-refractivity contribution in [3.8, 4) is 0 Å². The summed E-state index contributed by atoms with van der Waals surface area (Å²) in [4.78, 5) is 38.3. The molecule has 1 aromatic carbocycles. The first-order chi connectivity index (χ1) is 11.5. The van der Waals surface area contributed by atoms with Crippen LogP contribution in [0.1, 0.15) is 25.3 Å². The number of rotatable bonds is 4. The van der Waals surface area contributed by atoms with Gasteiger partial charge in [0.15, 0.2) is 0 Å². The molecule has 126 valence electrons. The number of allylic oxidation sites excluding steroid dienone is 2. The van der Waals surface area contributed by atoms with E-state index in [0.29, 0.717) is 18.4 Å². The Morgan fingerprint density at radius 3 is 2.38 bits per heavy atom. The number of amides is 3. The Bertz CT molecular complexity index is 690. The number of imide groups is 1. The molecular weight excluding hydrogens is 311 g/mol. The lowest BCUT2D eigenvalue weighted by Crippen LogP contribution is -2.48. The van der Waals surface area contributed by atoms with Crippen molar-refractivity contribution in [3.63, 3.8) is 0 Å². The fraction of sp³-hybridized carbons (Fsp3) is 0.389. The van der Waals surface area contributed by atoms with Crippen LogP contribution in [0.15, 0.2) is 36.4 Å². The van der Waals surface area contributed by atoms with Crippen molar-refractivity contribution >= 4 is 17.7 Å². The molecule has 0 saturated carbocycles. The Labute approximate surface area is 139 Å². The summed E-state index contributed by atoms with van der Waals surface area (Å²) in [5.41, 5.74) is 0.356. The SMILES string of the molecule is C[C@@H](C(=O)NCc1ccccc1F)N1C(=O)[C@@H]2CC=CC[C@H]2C1=O. The number of halogens is 1. The van der Waals surface area contributed by atoms with Crippen LogP contribution in [-0.4, -0.2) is 28.7 Å². The third kappa shape index (κ3) is 2.84. The van der Waals surface area contributed by atoms with Gasteiger partial charge < -0.3 is 5.32 Å². The van der Waals surface area contributed by atoms with Gasteiger partial charge in [0.2, 0.25) is 17.7 Å². The lowest BCUT2D eigenvalue weighted by molar-refractivity contribution is -0.147. The van der Waals surface area contributed by atoms with E-state index in [2.05, 4.69) is 5.32 Å². The Balaban J connectivity index is 1.66. The van der Waals surface area contributed by atoms with Crippen molar-refractivity contribution in [2.75, 3.05) is 0 Å². The molecule has 0 bridgehead atoms. The largest absolute Gasteiger partial charge is 0.350 e. The van der Waals surface area contributed by atoms with E-state index >= 15 is 0 Å². The van der Waals surface area contributed by atoms with Gasteiger partial charge in [-0.05, 0) is 25.8 Å². The summed E-state index contributed by atoms with van der Waals surface area (Å²) < 4.78 is 13.6. The molecule has 3 rings (SSSR count). The highest BCUT2D eigenvalue weighted by Crippen LogP contribution is 2.36. The first-order valence-electron chi connectivity index (χ1n) is 8.03. The van der Waals surface area contributed by atoms with Gasteiger partial charge in [-0.15, -0.1) is 0 Å². The smallest absolute Gasteiger partial charge is 0.243 e. The van der Waals surface area contributed by atoms with E-state index in [1.165, 1.54) is 13.0 Å². The van der Waals surface area contributed by atoms with Crippen LogP contribution in [0.3, 0.4) is 0 Å². The second kappa shape index (κ2) is 6.55. The zero-order valence-corrected chi connectivity index (χ0v) is 13.4. The molecular formula is C18H19FN2O3. The third-order valence-electron chi connectivity index (χ3n) is 4.72. The number of hydrogen-bond acceptors (Lipinski definition) is 3. The minimum atomic E-state index is -0.901. The first kappa shape index (κ1) is 16.4. The van der Waals surface area contributed by atoms with Crippen LogP contribution in [0.2, 0.25) is 0 Å². The Kier molecular flexibility index (Phi) is 4.46. The van der Waals surface area contributed by atoms with Crippen LogP contribution in [-0.2, 0) is 20.9 Å². The summed E-state index contributed by atoms with van der Waals surface area (Å²) in [5.74, 6) is -2.16. The van der Waals surface area contributed by atoms with Gasteiger partial charge >= 0.3 is 0 Å².